The average Bonchev–Trinajstić information content (AvgIpc) is 3.59. The number of cyclic esters (lactones) is 1. The van der Waals surface area contributed by atoms with Crippen molar-refractivity contribution in [3.8, 4) is 0 Å². The molecular formula is C43H48F3N5O5. The van der Waals surface area contributed by atoms with Gasteiger partial charge in [-0.15, -0.1) is 0 Å². The number of piperidine rings is 2. The zero-order valence-corrected chi connectivity index (χ0v) is 31.3. The Morgan fingerprint density at radius 1 is 0.875 bits per heavy atom. The van der Waals surface area contributed by atoms with E-state index >= 15 is 0 Å². The summed E-state index contributed by atoms with van der Waals surface area (Å²) in [5.41, 5.74) is 1.23. The van der Waals surface area contributed by atoms with Gasteiger partial charge in [0.25, 0.3) is 0 Å². The molecule has 0 aliphatic carbocycles. The maximum atomic E-state index is 14.5. The van der Waals surface area contributed by atoms with Gasteiger partial charge in [0.05, 0.1) is 24.1 Å². The summed E-state index contributed by atoms with van der Waals surface area (Å²) in [5.74, 6) is -1.35. The van der Waals surface area contributed by atoms with E-state index in [1.54, 1.807) is 17.0 Å². The molecule has 4 aliphatic heterocycles. The topological polar surface area (TPSA) is 103 Å². The number of amides is 4. The Morgan fingerprint density at radius 2 is 1.57 bits per heavy atom. The molecule has 3 aromatic carbocycles. The molecule has 10 nitrogen and oxygen atoms in total. The predicted octanol–water partition coefficient (Wildman–Crippen LogP) is 6.09. The van der Waals surface area contributed by atoms with E-state index < -0.39 is 53.8 Å². The van der Waals surface area contributed by atoms with Crippen LogP contribution in [0.3, 0.4) is 0 Å². The van der Waals surface area contributed by atoms with Crippen LogP contribution < -0.4 is 5.32 Å². The Kier molecular flexibility index (Phi) is 12.1. The first-order valence-electron chi connectivity index (χ1n) is 19.6. The van der Waals surface area contributed by atoms with Crippen molar-refractivity contribution < 1.29 is 37.1 Å². The lowest BCUT2D eigenvalue weighted by Gasteiger charge is -2.52. The van der Waals surface area contributed by atoms with Gasteiger partial charge < -0.3 is 24.8 Å². The molecule has 3 aromatic rings. The number of benzene rings is 3. The van der Waals surface area contributed by atoms with Crippen molar-refractivity contribution in [1.82, 2.24) is 24.9 Å². The summed E-state index contributed by atoms with van der Waals surface area (Å²) in [7, 11) is 0. The molecule has 7 rings (SSSR count). The minimum atomic E-state index is -4.51. The van der Waals surface area contributed by atoms with Gasteiger partial charge >= 0.3 is 12.3 Å². The van der Waals surface area contributed by atoms with Crippen molar-refractivity contribution >= 4 is 29.9 Å². The number of alkyl halides is 3. The maximum absolute atomic E-state index is 14.5. The predicted molar refractivity (Wildman–Crippen MR) is 204 cm³/mol. The number of likely N-dealkylation sites (tertiary alicyclic amines) is 3. The fraction of sp³-hybridized carbons (Fsp3) is 0.442. The second-order valence-corrected chi connectivity index (χ2v) is 15.0. The summed E-state index contributed by atoms with van der Waals surface area (Å²) in [5, 5.41) is 2.82. The normalized spacial score (nSPS) is 22.9. The quantitative estimate of drug-likeness (QED) is 0.224. The monoisotopic (exact) mass is 771 g/mol. The molecule has 13 heteroatoms. The Balaban J connectivity index is 1.14. The molecule has 56 heavy (non-hydrogen) atoms. The molecule has 4 atom stereocenters. The van der Waals surface area contributed by atoms with Gasteiger partial charge in [-0.3, -0.25) is 19.3 Å². The Hall–Kier alpha value is -5.17. The lowest BCUT2D eigenvalue weighted by Crippen LogP contribution is -2.74. The number of halogens is 3. The van der Waals surface area contributed by atoms with Crippen molar-refractivity contribution in [2.75, 3.05) is 39.3 Å². The molecular weight excluding hydrogens is 723 g/mol. The summed E-state index contributed by atoms with van der Waals surface area (Å²) in [6.07, 6.45) is 3.51. The van der Waals surface area contributed by atoms with Gasteiger partial charge in [-0.2, -0.15) is 13.2 Å². The van der Waals surface area contributed by atoms with Gasteiger partial charge in [-0.25, -0.2) is 4.79 Å². The third-order valence-electron chi connectivity index (χ3n) is 11.5. The number of β-lactam (4-membered cyclic amide) rings is 1. The highest BCUT2D eigenvalue weighted by Crippen LogP contribution is 2.39. The SMILES string of the molecule is O=C(NCCc1cccc(C(F)(F)F)c1)[C@@H](CC(=O)N1CCC(N2CCCCC2)CC1)N1C(=O)[C@H](N2C(=O)OC[C@@H]2c2ccccc2)[C@H]1C=Cc1ccccc1. The van der Waals surface area contributed by atoms with Crippen LogP contribution in [0.15, 0.2) is 91.0 Å². The fourth-order valence-corrected chi connectivity index (χ4v) is 8.53. The number of hydrogen-bond donors (Lipinski definition) is 1. The van der Waals surface area contributed by atoms with Crippen LogP contribution in [0.1, 0.15) is 66.8 Å². The zero-order chi connectivity index (χ0) is 39.2. The molecule has 4 heterocycles. The minimum absolute atomic E-state index is 0.0173. The summed E-state index contributed by atoms with van der Waals surface area (Å²) in [4.78, 5) is 63.2. The van der Waals surface area contributed by atoms with E-state index in [4.69, 9.17) is 4.74 Å². The van der Waals surface area contributed by atoms with E-state index in [-0.39, 0.29) is 31.9 Å². The van der Waals surface area contributed by atoms with Crippen molar-refractivity contribution in [2.24, 2.45) is 0 Å². The standard InChI is InChI=1S/C43H48F3N5O5/c44-43(45,46)33-16-10-13-31(27-33)19-22-47-40(53)36(28-38(52)49-25-20-34(21-26-49)48-23-8-3-9-24-48)50-35(18-17-30-11-4-1-5-12-30)39(41(50)54)51-37(29-56-42(51)55)32-14-6-2-7-15-32/h1-2,4-7,10-18,27,34-37,39H,3,8-9,19-26,28-29H2,(H,47,53)/t35-,36-,37-,39-/m1/s1. The maximum Gasteiger partial charge on any atom is 0.416 e. The molecule has 1 N–H and O–H groups in total. The van der Waals surface area contributed by atoms with Gasteiger partial charge in [-0.05, 0) is 68.0 Å². The van der Waals surface area contributed by atoms with Crippen LogP contribution in [-0.2, 0) is 31.7 Å². The molecule has 4 amide bonds. The third-order valence-corrected chi connectivity index (χ3v) is 11.5. The number of ether oxygens (including phenoxy) is 1. The second-order valence-electron chi connectivity index (χ2n) is 15.0. The molecule has 4 saturated heterocycles. The van der Waals surface area contributed by atoms with E-state index in [9.17, 15) is 32.3 Å². The second kappa shape index (κ2) is 17.3. The number of nitrogens with one attached hydrogen (secondary N) is 1. The molecule has 0 bridgehead atoms. The average molecular weight is 772 g/mol. The molecule has 0 radical (unpaired) electrons. The number of carbonyl (C=O) groups is 4. The van der Waals surface area contributed by atoms with E-state index in [0.717, 1.165) is 49.2 Å². The molecule has 0 saturated carbocycles. The first kappa shape index (κ1) is 39.1. The van der Waals surface area contributed by atoms with Crippen LogP contribution in [-0.4, -0.2) is 107 Å². The molecule has 4 aliphatic rings. The largest absolute Gasteiger partial charge is 0.447 e. The number of rotatable bonds is 12. The highest BCUT2D eigenvalue weighted by atomic mass is 19.4. The van der Waals surface area contributed by atoms with Crippen LogP contribution in [0, 0.1) is 0 Å². The van der Waals surface area contributed by atoms with E-state index in [2.05, 4.69) is 10.2 Å². The van der Waals surface area contributed by atoms with Crippen LogP contribution >= 0.6 is 0 Å². The molecule has 296 valence electrons. The Bertz CT molecular complexity index is 1880. The van der Waals surface area contributed by atoms with Crippen molar-refractivity contribution in [1.29, 1.82) is 0 Å². The molecule has 0 unspecified atom stereocenters. The van der Waals surface area contributed by atoms with Gasteiger partial charge in [0, 0.05) is 25.7 Å². The van der Waals surface area contributed by atoms with E-state index in [1.165, 1.54) is 35.1 Å². The lowest BCUT2D eigenvalue weighted by molar-refractivity contribution is -0.164. The van der Waals surface area contributed by atoms with Crippen molar-refractivity contribution in [2.45, 2.75) is 81.3 Å². The fourth-order valence-electron chi connectivity index (χ4n) is 8.53. The third kappa shape index (κ3) is 8.77. The number of hydrogen-bond acceptors (Lipinski definition) is 6. The lowest BCUT2D eigenvalue weighted by atomic mass is 9.87. The summed E-state index contributed by atoms with van der Waals surface area (Å²) in [6, 6.07) is 20.4. The smallest absolute Gasteiger partial charge is 0.416 e. The first-order valence-corrected chi connectivity index (χ1v) is 19.6. The highest BCUT2D eigenvalue weighted by Gasteiger charge is 2.58. The van der Waals surface area contributed by atoms with Crippen LogP contribution in [0.25, 0.3) is 6.08 Å². The van der Waals surface area contributed by atoms with Crippen molar-refractivity contribution in [3.63, 3.8) is 0 Å². The minimum Gasteiger partial charge on any atom is -0.447 e. The van der Waals surface area contributed by atoms with Crippen LogP contribution in [0.4, 0.5) is 18.0 Å². The van der Waals surface area contributed by atoms with Gasteiger partial charge in [-0.1, -0.05) is 97.4 Å². The van der Waals surface area contributed by atoms with Crippen molar-refractivity contribution in [3.05, 3.63) is 113 Å². The molecule has 0 spiro atoms. The Morgan fingerprint density at radius 3 is 2.27 bits per heavy atom. The summed E-state index contributed by atoms with van der Waals surface area (Å²) in [6.45, 7) is 3.23. The van der Waals surface area contributed by atoms with E-state index in [0.29, 0.717) is 24.7 Å². The highest BCUT2D eigenvalue weighted by molar-refractivity contribution is 5.99. The summed E-state index contributed by atoms with van der Waals surface area (Å²) >= 11 is 0. The van der Waals surface area contributed by atoms with Crippen LogP contribution in [0.2, 0.25) is 0 Å². The Labute approximate surface area is 325 Å². The summed E-state index contributed by atoms with van der Waals surface area (Å²) < 4.78 is 45.7. The molecule has 4 fully saturated rings. The molecule has 0 aromatic heterocycles. The van der Waals surface area contributed by atoms with Gasteiger partial charge in [0.15, 0.2) is 0 Å². The number of carbonyl (C=O) groups excluding carboxylic acids is 4. The zero-order valence-electron chi connectivity index (χ0n) is 31.3. The van der Waals surface area contributed by atoms with Gasteiger partial charge in [0.2, 0.25) is 17.7 Å². The number of nitrogens with zero attached hydrogens (tertiary/aromatic N) is 4. The van der Waals surface area contributed by atoms with E-state index in [1.807, 2.05) is 66.7 Å². The van der Waals surface area contributed by atoms with Crippen LogP contribution in [0.5, 0.6) is 0 Å². The van der Waals surface area contributed by atoms with Gasteiger partial charge in [0.1, 0.15) is 18.7 Å². The first-order chi connectivity index (χ1) is 27.1.